The van der Waals surface area contributed by atoms with E-state index in [1.54, 1.807) is 13.8 Å². The molecular formula is C8H13N3O. The molecule has 1 heterocycles. The molecule has 0 saturated carbocycles. The lowest BCUT2D eigenvalue weighted by Crippen LogP contribution is -2.23. The second-order valence-electron chi connectivity index (χ2n) is 2.80. The summed E-state index contributed by atoms with van der Waals surface area (Å²) in [7, 11) is 1.86. The van der Waals surface area contributed by atoms with E-state index in [0.29, 0.717) is 17.9 Å². The van der Waals surface area contributed by atoms with E-state index in [1.165, 1.54) is 0 Å². The largest absolute Gasteiger partial charge is 0.335 e. The maximum atomic E-state index is 11.2. The van der Waals surface area contributed by atoms with Gasteiger partial charge < -0.3 is 10.3 Å². The molecule has 0 spiro atoms. The van der Waals surface area contributed by atoms with Crippen LogP contribution in [0.15, 0.2) is 4.79 Å². The van der Waals surface area contributed by atoms with Gasteiger partial charge in [0.1, 0.15) is 5.82 Å². The monoisotopic (exact) mass is 167 g/mol. The van der Waals surface area contributed by atoms with E-state index in [2.05, 4.69) is 4.98 Å². The quantitative estimate of drug-likeness (QED) is 0.633. The van der Waals surface area contributed by atoms with Crippen LogP contribution in [0.3, 0.4) is 0 Å². The Balaban J connectivity index is 3.53. The van der Waals surface area contributed by atoms with E-state index in [1.807, 2.05) is 11.6 Å². The number of nitrogens with two attached hydrogens (primary N) is 1. The highest BCUT2D eigenvalue weighted by atomic mass is 16.1. The number of hydrogen-bond donors (Lipinski definition) is 1. The van der Waals surface area contributed by atoms with Crippen molar-refractivity contribution in [3.8, 4) is 0 Å². The Kier molecular flexibility index (Phi) is 2.28. The molecule has 0 atom stereocenters. The molecule has 1 aromatic rings. The van der Waals surface area contributed by atoms with Crippen molar-refractivity contribution < 1.29 is 0 Å². The van der Waals surface area contributed by atoms with E-state index >= 15 is 0 Å². The molecule has 0 saturated heterocycles. The van der Waals surface area contributed by atoms with Gasteiger partial charge in [-0.05, 0) is 13.8 Å². The third-order valence-electron chi connectivity index (χ3n) is 2.10. The molecule has 4 nitrogen and oxygen atoms in total. The molecule has 0 aliphatic rings. The van der Waals surface area contributed by atoms with Gasteiger partial charge in [-0.25, -0.2) is 0 Å². The van der Waals surface area contributed by atoms with Gasteiger partial charge in [-0.2, -0.15) is 4.98 Å². The number of rotatable bonds is 1. The minimum atomic E-state index is -0.175. The van der Waals surface area contributed by atoms with Gasteiger partial charge in [-0.1, -0.05) is 0 Å². The van der Waals surface area contributed by atoms with Crippen molar-refractivity contribution in [2.24, 2.45) is 12.8 Å². The van der Waals surface area contributed by atoms with E-state index in [9.17, 15) is 4.79 Å². The van der Waals surface area contributed by atoms with Gasteiger partial charge in [0, 0.05) is 24.8 Å². The molecule has 0 amide bonds. The van der Waals surface area contributed by atoms with Crippen LogP contribution in [0, 0.1) is 13.8 Å². The molecule has 0 fully saturated rings. The zero-order valence-corrected chi connectivity index (χ0v) is 7.59. The fraction of sp³-hybridized carbons (Fsp3) is 0.500. The molecule has 0 aliphatic heterocycles. The van der Waals surface area contributed by atoms with Crippen LogP contribution < -0.4 is 11.3 Å². The summed E-state index contributed by atoms with van der Waals surface area (Å²) in [6.45, 7) is 3.91. The first-order chi connectivity index (χ1) is 5.57. The maximum absolute atomic E-state index is 11.2. The molecule has 0 aromatic carbocycles. The predicted octanol–water partition coefficient (Wildman–Crippen LogP) is -0.144. The Hall–Kier alpha value is -1.16. The predicted molar refractivity (Wildman–Crippen MR) is 46.8 cm³/mol. The smallest absolute Gasteiger partial charge is 0.276 e. The lowest BCUT2D eigenvalue weighted by atomic mass is 10.2. The van der Waals surface area contributed by atoms with E-state index in [4.69, 9.17) is 5.73 Å². The molecule has 12 heavy (non-hydrogen) atoms. The summed E-state index contributed by atoms with van der Waals surface area (Å²) in [5, 5.41) is 0. The molecule has 66 valence electrons. The average molecular weight is 167 g/mol. The number of nitrogens with zero attached hydrogens (tertiary/aromatic N) is 2. The fourth-order valence-electron chi connectivity index (χ4n) is 1.17. The summed E-state index contributed by atoms with van der Waals surface area (Å²) in [6, 6.07) is 0. The van der Waals surface area contributed by atoms with Crippen LogP contribution in [0.2, 0.25) is 0 Å². The van der Waals surface area contributed by atoms with Crippen LogP contribution in [-0.4, -0.2) is 9.55 Å². The second-order valence-corrected chi connectivity index (χ2v) is 2.80. The highest BCUT2D eigenvalue weighted by molar-refractivity contribution is 5.17. The minimum absolute atomic E-state index is 0.175. The van der Waals surface area contributed by atoms with Crippen molar-refractivity contribution >= 4 is 0 Å². The summed E-state index contributed by atoms with van der Waals surface area (Å²) in [6.07, 6.45) is 0. The van der Waals surface area contributed by atoms with Gasteiger partial charge in [0.15, 0.2) is 0 Å². The Labute approximate surface area is 71.0 Å². The van der Waals surface area contributed by atoms with Crippen LogP contribution in [0.25, 0.3) is 0 Å². The van der Waals surface area contributed by atoms with E-state index < -0.39 is 0 Å². The van der Waals surface area contributed by atoms with Gasteiger partial charge in [-0.3, -0.25) is 4.79 Å². The molecule has 0 unspecified atom stereocenters. The Morgan fingerprint density at radius 1 is 1.50 bits per heavy atom. The SMILES string of the molecule is Cc1c(CN)n(C)c(C)nc1=O. The van der Waals surface area contributed by atoms with E-state index in [0.717, 1.165) is 5.69 Å². The third-order valence-corrected chi connectivity index (χ3v) is 2.10. The van der Waals surface area contributed by atoms with Gasteiger partial charge in [0.05, 0.1) is 0 Å². The Morgan fingerprint density at radius 2 is 2.08 bits per heavy atom. The van der Waals surface area contributed by atoms with Crippen molar-refractivity contribution in [3.63, 3.8) is 0 Å². The van der Waals surface area contributed by atoms with Gasteiger partial charge in [0.2, 0.25) is 0 Å². The molecule has 0 aliphatic carbocycles. The van der Waals surface area contributed by atoms with Crippen molar-refractivity contribution in [2.45, 2.75) is 20.4 Å². The van der Waals surface area contributed by atoms with Crippen molar-refractivity contribution in [3.05, 3.63) is 27.4 Å². The van der Waals surface area contributed by atoms with Crippen LogP contribution >= 0.6 is 0 Å². The van der Waals surface area contributed by atoms with Crippen molar-refractivity contribution in [2.75, 3.05) is 0 Å². The van der Waals surface area contributed by atoms with Crippen molar-refractivity contribution in [1.82, 2.24) is 9.55 Å². The second kappa shape index (κ2) is 3.06. The van der Waals surface area contributed by atoms with E-state index in [-0.39, 0.29) is 5.56 Å². The third kappa shape index (κ3) is 1.25. The van der Waals surface area contributed by atoms with Gasteiger partial charge >= 0.3 is 0 Å². The zero-order valence-electron chi connectivity index (χ0n) is 7.59. The lowest BCUT2D eigenvalue weighted by molar-refractivity contribution is 0.719. The molecule has 1 rings (SSSR count). The molecule has 0 bridgehead atoms. The molecule has 1 aromatic heterocycles. The topological polar surface area (TPSA) is 60.9 Å². The van der Waals surface area contributed by atoms with Gasteiger partial charge in [-0.15, -0.1) is 0 Å². The van der Waals surface area contributed by atoms with Crippen LogP contribution in [0.5, 0.6) is 0 Å². The number of hydrogen-bond acceptors (Lipinski definition) is 3. The minimum Gasteiger partial charge on any atom is -0.335 e. The normalized spacial score (nSPS) is 10.3. The molecule has 4 heteroatoms. The first-order valence-electron chi connectivity index (χ1n) is 3.81. The molecular weight excluding hydrogens is 154 g/mol. The van der Waals surface area contributed by atoms with Crippen molar-refractivity contribution in [1.29, 1.82) is 0 Å². The summed E-state index contributed by atoms with van der Waals surface area (Å²) < 4.78 is 1.84. The Morgan fingerprint density at radius 3 is 2.58 bits per heavy atom. The highest BCUT2D eigenvalue weighted by Gasteiger charge is 2.06. The fourth-order valence-corrected chi connectivity index (χ4v) is 1.17. The molecule has 2 N–H and O–H groups in total. The van der Waals surface area contributed by atoms with Crippen LogP contribution in [0.1, 0.15) is 17.1 Å². The first-order valence-corrected chi connectivity index (χ1v) is 3.81. The number of aromatic nitrogens is 2. The summed E-state index contributed by atoms with van der Waals surface area (Å²) in [5.41, 5.74) is 6.83. The van der Waals surface area contributed by atoms with Crippen LogP contribution in [-0.2, 0) is 13.6 Å². The molecule has 0 radical (unpaired) electrons. The summed E-state index contributed by atoms with van der Waals surface area (Å²) in [5.74, 6) is 0.700. The van der Waals surface area contributed by atoms with Crippen LogP contribution in [0.4, 0.5) is 0 Å². The van der Waals surface area contributed by atoms with Gasteiger partial charge in [0.25, 0.3) is 5.56 Å². The average Bonchev–Trinajstić information content (AvgIpc) is 2.02. The maximum Gasteiger partial charge on any atom is 0.276 e. The number of aryl methyl sites for hydroxylation is 1. The zero-order chi connectivity index (χ0) is 9.30. The standard InChI is InChI=1S/C8H13N3O/c1-5-7(4-9)11(3)6(2)10-8(5)12/h4,9H2,1-3H3. The lowest BCUT2D eigenvalue weighted by Gasteiger charge is -2.11. The highest BCUT2D eigenvalue weighted by Crippen LogP contribution is 2.01. The summed E-state index contributed by atoms with van der Waals surface area (Å²) in [4.78, 5) is 15.0. The Bertz CT molecular complexity index is 354. The summed E-state index contributed by atoms with van der Waals surface area (Å²) >= 11 is 0. The first kappa shape index (κ1) is 8.93.